The zero-order chi connectivity index (χ0) is 72.5. The number of nitro groups is 1. The molecule has 0 bridgehead atoms. The Balaban J connectivity index is -0.000000137. The van der Waals surface area contributed by atoms with E-state index in [0.29, 0.717) is 41.2 Å². The first-order valence-corrected chi connectivity index (χ1v) is 34.1. The Morgan fingerprint density at radius 3 is 0.841 bits per heavy atom. The van der Waals surface area contributed by atoms with Gasteiger partial charge in [-0.05, 0) is 85.8 Å². The number of hydrogen-bond acceptors (Lipinski definition) is 15. The molecule has 0 heterocycles. The van der Waals surface area contributed by atoms with Crippen molar-refractivity contribution in [1.29, 1.82) is 5.26 Å². The van der Waals surface area contributed by atoms with E-state index in [1.807, 2.05) is 131 Å². The van der Waals surface area contributed by atoms with Gasteiger partial charge in [-0.1, -0.05) is 234 Å². The molecule has 0 fully saturated rings. The maximum atomic E-state index is 11.1. The molecule has 0 spiro atoms. The summed E-state index contributed by atoms with van der Waals surface area (Å²) >= 11 is 5.10. The van der Waals surface area contributed by atoms with E-state index < -0.39 is 9.84 Å². The fourth-order valence-corrected chi connectivity index (χ4v) is 8.40. The normalized spacial score (nSPS) is 11.0. The number of hydrogen-bond donors (Lipinski definition) is 0. The highest BCUT2D eigenvalue weighted by Crippen LogP contribution is 2.21. The molecule has 0 atom stereocenters. The van der Waals surface area contributed by atoms with Gasteiger partial charge in [-0.25, -0.2) is 8.42 Å². The second kappa shape index (κ2) is 52.1. The highest BCUT2D eigenvalue weighted by Gasteiger charge is 2.25. The number of sulfone groups is 1. The average molecular weight is 1280 g/mol. The van der Waals surface area contributed by atoms with E-state index in [4.69, 9.17) is 17.5 Å². The van der Waals surface area contributed by atoms with Gasteiger partial charge in [0.15, 0.2) is 9.84 Å². The van der Waals surface area contributed by atoms with Gasteiger partial charge in [-0.3, -0.25) is 48.5 Å². The van der Waals surface area contributed by atoms with Crippen LogP contribution in [0.15, 0.2) is 26.4 Å². The van der Waals surface area contributed by atoms with Gasteiger partial charge in [0, 0.05) is 70.3 Å². The molecular weight excluding hydrogens is 1150 g/mol. The summed E-state index contributed by atoms with van der Waals surface area (Å²) in [6, 6.07) is 0. The number of aliphatic imine (C=N–C) groups is 1. The predicted molar refractivity (Wildman–Crippen MR) is 376 cm³/mol. The Morgan fingerprint density at radius 2 is 0.750 bits per heavy atom. The van der Waals surface area contributed by atoms with Crippen molar-refractivity contribution in [1.82, 2.24) is 0 Å². The number of rotatable bonds is 23. The van der Waals surface area contributed by atoms with E-state index in [1.54, 1.807) is 55.4 Å². The summed E-state index contributed by atoms with van der Waals surface area (Å²) in [5.74, 6) is 3.93. The molecule has 0 amide bonds. The van der Waals surface area contributed by atoms with Gasteiger partial charge in [0.1, 0.15) is 23.1 Å². The largest absolute Gasteiger partial charge is 0.299 e. The molecule has 88 heavy (non-hydrogen) atoms. The second-order valence-corrected chi connectivity index (χ2v) is 31.3. The minimum Gasteiger partial charge on any atom is -0.299 e. The summed E-state index contributed by atoms with van der Waals surface area (Å²) in [6.07, 6.45) is 3.78. The fourth-order valence-electron chi connectivity index (χ4n) is 7.31. The molecule has 0 aliphatic heterocycles. The van der Waals surface area contributed by atoms with Crippen LogP contribution in [-0.2, 0) is 38.6 Å². The van der Waals surface area contributed by atoms with Crippen LogP contribution in [0.1, 0.15) is 285 Å². The summed E-state index contributed by atoms with van der Waals surface area (Å²) in [5, 5.41) is 18.0. The Hall–Kier alpha value is -4.56. The van der Waals surface area contributed by atoms with Gasteiger partial charge in [0.2, 0.25) is 34.8 Å². The Labute approximate surface area is 543 Å². The van der Waals surface area contributed by atoms with Crippen molar-refractivity contribution < 1.29 is 42.1 Å². The van der Waals surface area contributed by atoms with Crippen molar-refractivity contribution in [2.45, 2.75) is 284 Å². The third kappa shape index (κ3) is 50.2. The van der Waals surface area contributed by atoms with Gasteiger partial charge in [0.05, 0.1) is 21.8 Å². The van der Waals surface area contributed by atoms with E-state index in [9.17, 15) is 56.9 Å². The third-order valence-corrected chi connectivity index (χ3v) is 16.4. The molecule has 17 heteroatoms. The van der Waals surface area contributed by atoms with Crippen LogP contribution in [0.5, 0.6) is 0 Å². The Morgan fingerprint density at radius 1 is 0.466 bits per heavy atom. The van der Waals surface area contributed by atoms with E-state index in [-0.39, 0.29) is 121 Å². The third-order valence-electron chi connectivity index (χ3n) is 12.9. The van der Waals surface area contributed by atoms with Crippen LogP contribution in [0.3, 0.4) is 0 Å². The summed E-state index contributed by atoms with van der Waals surface area (Å²) in [5.41, 5.74) is 2.84. The number of carbonyl (C=O) groups is 6. The number of nitrogens with zero attached hydrogens (tertiary/aromatic N) is 3. The van der Waals surface area contributed by atoms with Gasteiger partial charge in [-0.2, -0.15) is 10.3 Å². The first-order chi connectivity index (χ1) is 39.4. The van der Waals surface area contributed by atoms with Crippen molar-refractivity contribution in [3.63, 3.8) is 0 Å². The van der Waals surface area contributed by atoms with Gasteiger partial charge >= 0.3 is 0 Å². The number of allylic oxidation sites excluding steroid dienone is 1. The van der Waals surface area contributed by atoms with Crippen LogP contribution < -0.4 is 10.9 Å². The van der Waals surface area contributed by atoms with Crippen molar-refractivity contribution in [2.24, 2.45) is 87.8 Å². The zero-order valence-corrected chi connectivity index (χ0v) is 64.1. The average Bonchev–Trinajstić information content (AvgIpc) is 3.37. The minimum atomic E-state index is -2.81. The SMILES string of the molecule is CC(C)C(=C[N+](=O)[O-])C(C)C.CC(C)C(=NC#N)C(C)C.CC(C)C(=O)C(=O)C(C)C.CC(C)C(=O)C(C)C.CC(C)C(=O)CC(=O)C(C)C.CC(C)C(=S)C(C)C.CC(C)CC(=O)C(C)C.CC(C)S(=O)(=O)C(C)C.CC(C)c1c(C(C)C)c(=O)c1=O. The lowest BCUT2D eigenvalue weighted by Gasteiger charge is -2.16. The number of thiocarbonyl (C=S) groups is 1. The summed E-state index contributed by atoms with van der Waals surface area (Å²) in [4.78, 5) is 103. The first kappa shape index (κ1) is 99.6. The van der Waals surface area contributed by atoms with E-state index in [1.165, 1.54) is 4.86 Å². The second-order valence-electron chi connectivity index (χ2n) is 27.8. The highest BCUT2D eigenvalue weighted by molar-refractivity contribution is 7.92. The molecule has 0 unspecified atom stereocenters. The molecule has 15 nitrogen and oxygen atoms in total. The lowest BCUT2D eigenvalue weighted by atomic mass is 9.85. The molecule has 1 aromatic carbocycles. The van der Waals surface area contributed by atoms with Crippen molar-refractivity contribution in [3.05, 3.63) is 53.5 Å². The summed E-state index contributed by atoms with van der Waals surface area (Å²) in [6.45, 7) is 69.2. The van der Waals surface area contributed by atoms with Crippen LogP contribution in [0.25, 0.3) is 0 Å². The summed E-state index contributed by atoms with van der Waals surface area (Å²) < 4.78 is 22.1. The van der Waals surface area contributed by atoms with Gasteiger partial charge in [-0.15, -0.1) is 0 Å². The molecule has 0 aromatic heterocycles. The topological polar surface area (TPSA) is 250 Å². The molecule has 0 aliphatic carbocycles. The van der Waals surface area contributed by atoms with E-state index in [2.05, 4.69) is 74.2 Å². The molecule has 0 aliphatic rings. The molecule has 1 rings (SSSR count). The number of Topliss-reactive ketones (excluding diaryl/α,β-unsaturated/α-hetero) is 6. The van der Waals surface area contributed by atoms with Crippen molar-refractivity contribution in [2.75, 3.05) is 0 Å². The number of nitriles is 1. The van der Waals surface area contributed by atoms with Crippen LogP contribution in [0.2, 0.25) is 0 Å². The van der Waals surface area contributed by atoms with Gasteiger partial charge < -0.3 is 0 Å². The van der Waals surface area contributed by atoms with Crippen molar-refractivity contribution >= 4 is 67.3 Å². The van der Waals surface area contributed by atoms with Crippen LogP contribution >= 0.6 is 12.2 Å². The number of carbonyl (C=O) groups excluding carboxylic acids is 6. The molecule has 0 saturated carbocycles. The standard InChI is InChI=1S/C10H14O2.C9H16O2.C8H14N2.C8H15NO2.C8H14O2.C8H16O.C7H14O.C7H14S.C6H14O2S/c1-5(2)7-8(6(3)4)10(12)9(7)11;1-6(2)8(10)5-9(11)7(3)4;1-6(2)8(7(3)4)10-5-9;1-6(2)8(7(3)4)5-9(10)11;1-5(2)7(9)8(10)6(3)4;1-6(2)5-8(9)7(3)4;2*1-5(2)7(8)6(3)4;1-5(2)9(7,8)6(3)4/h5-6H,1-4H3;6-7H,5H2,1-4H3;6-7H,1-4H3;5-7H,1-4H3;5-6H,1-4H3;6-7H,5H2,1-4H3;2*5-6H,1-4H3;5-6H,1-4H3. The molecular formula is C71H131N3O12S2. The monoisotopic (exact) mass is 1280 g/mol. The quantitative estimate of drug-likeness (QED) is 0.0188. The zero-order valence-electron chi connectivity index (χ0n) is 62.4. The summed E-state index contributed by atoms with van der Waals surface area (Å²) in [7, 11) is -2.81. The van der Waals surface area contributed by atoms with E-state index in [0.717, 1.165) is 35.0 Å². The van der Waals surface area contributed by atoms with Crippen molar-refractivity contribution in [3.8, 4) is 6.19 Å². The van der Waals surface area contributed by atoms with Crippen LogP contribution in [0.4, 0.5) is 0 Å². The maximum Gasteiger partial charge on any atom is 0.234 e. The maximum absolute atomic E-state index is 11.1. The molecule has 0 N–H and O–H groups in total. The molecule has 0 saturated heterocycles. The molecule has 0 radical (unpaired) electrons. The van der Waals surface area contributed by atoms with E-state index >= 15 is 0 Å². The Bertz CT molecular complexity index is 2330. The lowest BCUT2D eigenvalue weighted by Crippen LogP contribution is -2.41. The molecule has 1 aromatic rings. The van der Waals surface area contributed by atoms with Crippen LogP contribution in [0, 0.1) is 104 Å². The lowest BCUT2D eigenvalue weighted by molar-refractivity contribution is -0.404. The smallest absolute Gasteiger partial charge is 0.234 e. The highest BCUT2D eigenvalue weighted by atomic mass is 32.2. The fraction of sp³-hybridized carbons (Fsp3) is 0.789. The number of ketones is 6. The predicted octanol–water partition coefficient (Wildman–Crippen LogP) is 17.5. The first-order valence-electron chi connectivity index (χ1n) is 32.1. The van der Waals surface area contributed by atoms with Crippen LogP contribution in [-0.4, -0.2) is 69.1 Å². The molecule has 514 valence electrons. The van der Waals surface area contributed by atoms with Gasteiger partial charge in [0.25, 0.3) is 0 Å². The Kier molecular flexibility index (Phi) is 59.0. The minimum absolute atomic E-state index is 0.0160.